The largest absolute Gasteiger partial charge is 0.497 e. The lowest BCUT2D eigenvalue weighted by Crippen LogP contribution is -2.19. The molecule has 0 heterocycles. The van der Waals surface area contributed by atoms with E-state index >= 15 is 0 Å². The standard InChI is InChI=1S/C15H13Br2N3O2/c1-22-11-4-2-3-9(5-11)8-19-20-15(21)12-6-10(16)7-13(17)14(12)18/h2-8H,18H2,1H3,(H,20,21). The van der Waals surface area contributed by atoms with Gasteiger partial charge in [0.1, 0.15) is 5.75 Å². The number of hydrogen-bond acceptors (Lipinski definition) is 4. The highest BCUT2D eigenvalue weighted by atomic mass is 79.9. The molecule has 0 atom stereocenters. The van der Waals surface area contributed by atoms with Gasteiger partial charge in [-0.3, -0.25) is 4.79 Å². The van der Waals surface area contributed by atoms with Gasteiger partial charge in [0, 0.05) is 8.95 Å². The molecular formula is C15H13Br2N3O2. The third-order valence-electron chi connectivity index (χ3n) is 2.81. The Labute approximate surface area is 144 Å². The van der Waals surface area contributed by atoms with Crippen molar-refractivity contribution >= 4 is 49.7 Å². The minimum absolute atomic E-state index is 0.337. The lowest BCUT2D eigenvalue weighted by Gasteiger charge is -2.07. The van der Waals surface area contributed by atoms with E-state index in [2.05, 4.69) is 42.4 Å². The van der Waals surface area contributed by atoms with Crippen LogP contribution >= 0.6 is 31.9 Å². The van der Waals surface area contributed by atoms with Crippen molar-refractivity contribution in [3.8, 4) is 5.75 Å². The van der Waals surface area contributed by atoms with E-state index in [0.717, 1.165) is 15.8 Å². The van der Waals surface area contributed by atoms with E-state index in [-0.39, 0.29) is 0 Å². The molecule has 114 valence electrons. The van der Waals surface area contributed by atoms with Crippen LogP contribution in [0.5, 0.6) is 5.75 Å². The van der Waals surface area contributed by atoms with Gasteiger partial charge in [-0.15, -0.1) is 0 Å². The van der Waals surface area contributed by atoms with Crippen LogP contribution < -0.4 is 15.9 Å². The molecule has 1 amide bonds. The lowest BCUT2D eigenvalue weighted by molar-refractivity contribution is 0.0956. The monoisotopic (exact) mass is 425 g/mol. The zero-order chi connectivity index (χ0) is 16.1. The third-order valence-corrected chi connectivity index (χ3v) is 3.93. The molecule has 0 saturated carbocycles. The van der Waals surface area contributed by atoms with Crippen LogP contribution in [0.15, 0.2) is 50.4 Å². The molecule has 5 nitrogen and oxygen atoms in total. The summed E-state index contributed by atoms with van der Waals surface area (Å²) >= 11 is 6.62. The number of nitrogens with one attached hydrogen (secondary N) is 1. The van der Waals surface area contributed by atoms with Crippen molar-refractivity contribution in [1.29, 1.82) is 0 Å². The number of carbonyl (C=O) groups excluding carboxylic acids is 1. The second-order valence-electron chi connectivity index (χ2n) is 4.32. The molecule has 0 saturated heterocycles. The number of ether oxygens (including phenoxy) is 1. The summed E-state index contributed by atoms with van der Waals surface area (Å²) in [6.07, 6.45) is 1.53. The number of nitrogens with zero attached hydrogens (tertiary/aromatic N) is 1. The Morgan fingerprint density at radius 2 is 2.09 bits per heavy atom. The topological polar surface area (TPSA) is 76.7 Å². The van der Waals surface area contributed by atoms with Gasteiger partial charge in [-0.25, -0.2) is 5.43 Å². The molecular weight excluding hydrogens is 414 g/mol. The molecule has 0 spiro atoms. The van der Waals surface area contributed by atoms with Crippen molar-refractivity contribution < 1.29 is 9.53 Å². The van der Waals surface area contributed by atoms with E-state index in [0.29, 0.717) is 15.7 Å². The molecule has 22 heavy (non-hydrogen) atoms. The van der Waals surface area contributed by atoms with Gasteiger partial charge < -0.3 is 10.5 Å². The van der Waals surface area contributed by atoms with Crippen LogP contribution in [0.4, 0.5) is 5.69 Å². The predicted octanol–water partition coefficient (Wildman–Crippen LogP) is 3.57. The van der Waals surface area contributed by atoms with Crippen molar-refractivity contribution in [1.82, 2.24) is 5.43 Å². The van der Waals surface area contributed by atoms with Gasteiger partial charge in [-0.05, 0) is 45.8 Å². The van der Waals surface area contributed by atoms with Crippen molar-refractivity contribution in [2.45, 2.75) is 0 Å². The molecule has 0 radical (unpaired) electrons. The number of halogens is 2. The summed E-state index contributed by atoms with van der Waals surface area (Å²) in [5, 5.41) is 3.93. The summed E-state index contributed by atoms with van der Waals surface area (Å²) in [5.74, 6) is 0.328. The lowest BCUT2D eigenvalue weighted by atomic mass is 10.2. The molecule has 2 aromatic rings. The van der Waals surface area contributed by atoms with Gasteiger partial charge >= 0.3 is 0 Å². The molecule has 0 aliphatic heterocycles. The molecule has 2 rings (SSSR count). The van der Waals surface area contributed by atoms with E-state index in [1.54, 1.807) is 25.3 Å². The van der Waals surface area contributed by atoms with Gasteiger partial charge in [-0.2, -0.15) is 5.10 Å². The maximum absolute atomic E-state index is 12.1. The van der Waals surface area contributed by atoms with Gasteiger partial charge in [-0.1, -0.05) is 28.1 Å². The Morgan fingerprint density at radius 1 is 1.32 bits per heavy atom. The predicted molar refractivity (Wildman–Crippen MR) is 94.3 cm³/mol. The quantitative estimate of drug-likeness (QED) is 0.445. The molecule has 2 aromatic carbocycles. The number of benzene rings is 2. The molecule has 0 bridgehead atoms. The number of carbonyl (C=O) groups is 1. The fourth-order valence-corrected chi connectivity index (χ4v) is 2.95. The number of hydrogen-bond donors (Lipinski definition) is 2. The number of amides is 1. The van der Waals surface area contributed by atoms with Crippen molar-refractivity contribution in [2.75, 3.05) is 12.8 Å². The maximum atomic E-state index is 12.1. The second kappa shape index (κ2) is 7.42. The smallest absolute Gasteiger partial charge is 0.273 e. The van der Waals surface area contributed by atoms with Gasteiger partial charge in [0.05, 0.1) is 24.6 Å². The Morgan fingerprint density at radius 3 is 2.82 bits per heavy atom. The zero-order valence-corrected chi connectivity index (χ0v) is 14.8. The van der Waals surface area contributed by atoms with Crippen LogP contribution in [-0.2, 0) is 0 Å². The fraction of sp³-hybridized carbons (Fsp3) is 0.0667. The highest BCUT2D eigenvalue weighted by Gasteiger charge is 2.12. The Hall–Kier alpha value is -1.86. The fourth-order valence-electron chi connectivity index (χ4n) is 1.72. The SMILES string of the molecule is COc1cccc(C=NNC(=O)c2cc(Br)cc(Br)c2N)c1. The second-order valence-corrected chi connectivity index (χ2v) is 6.09. The van der Waals surface area contributed by atoms with Crippen molar-refractivity contribution in [3.63, 3.8) is 0 Å². The number of hydrazone groups is 1. The number of rotatable bonds is 4. The highest BCUT2D eigenvalue weighted by molar-refractivity contribution is 9.11. The van der Waals surface area contributed by atoms with Crippen LogP contribution in [0.3, 0.4) is 0 Å². The van der Waals surface area contributed by atoms with E-state index in [4.69, 9.17) is 10.5 Å². The normalized spacial score (nSPS) is 10.7. The zero-order valence-electron chi connectivity index (χ0n) is 11.6. The summed E-state index contributed by atoms with van der Waals surface area (Å²) < 4.78 is 6.51. The molecule has 7 heteroatoms. The van der Waals surface area contributed by atoms with Crippen LogP contribution in [0.25, 0.3) is 0 Å². The molecule has 0 aliphatic carbocycles. The van der Waals surface area contributed by atoms with Crippen LogP contribution in [0, 0.1) is 0 Å². The van der Waals surface area contributed by atoms with E-state index in [1.807, 2.05) is 18.2 Å². The summed E-state index contributed by atoms with van der Waals surface area (Å²) in [6, 6.07) is 10.7. The first-order valence-corrected chi connectivity index (χ1v) is 7.82. The number of nitrogen functional groups attached to an aromatic ring is 1. The van der Waals surface area contributed by atoms with Gasteiger partial charge in [0.25, 0.3) is 5.91 Å². The first-order chi connectivity index (χ1) is 10.5. The Bertz CT molecular complexity index is 733. The van der Waals surface area contributed by atoms with Gasteiger partial charge in [0.15, 0.2) is 0 Å². The van der Waals surface area contributed by atoms with Crippen molar-refractivity contribution in [2.24, 2.45) is 5.10 Å². The molecule has 0 aromatic heterocycles. The molecule has 0 fully saturated rings. The van der Waals surface area contributed by atoms with E-state index < -0.39 is 5.91 Å². The van der Waals surface area contributed by atoms with Crippen LogP contribution in [0.2, 0.25) is 0 Å². The van der Waals surface area contributed by atoms with Crippen molar-refractivity contribution in [3.05, 3.63) is 56.5 Å². The molecule has 3 N–H and O–H groups in total. The van der Waals surface area contributed by atoms with Crippen LogP contribution in [0.1, 0.15) is 15.9 Å². The summed E-state index contributed by atoms with van der Waals surface area (Å²) in [7, 11) is 1.59. The first kappa shape index (κ1) is 16.5. The van der Waals surface area contributed by atoms with Crippen LogP contribution in [-0.4, -0.2) is 19.2 Å². The maximum Gasteiger partial charge on any atom is 0.273 e. The summed E-state index contributed by atoms with van der Waals surface area (Å²) in [4.78, 5) is 12.1. The number of methoxy groups -OCH3 is 1. The minimum Gasteiger partial charge on any atom is -0.497 e. The Balaban J connectivity index is 2.11. The first-order valence-electron chi connectivity index (χ1n) is 6.23. The minimum atomic E-state index is -0.390. The molecule has 0 unspecified atom stereocenters. The van der Waals surface area contributed by atoms with Gasteiger partial charge in [0.2, 0.25) is 0 Å². The summed E-state index contributed by atoms with van der Waals surface area (Å²) in [6.45, 7) is 0. The highest BCUT2D eigenvalue weighted by Crippen LogP contribution is 2.28. The Kier molecular flexibility index (Phi) is 5.57. The summed E-state index contributed by atoms with van der Waals surface area (Å²) in [5.41, 5.74) is 9.83. The number of nitrogens with two attached hydrogens (primary N) is 1. The molecule has 0 aliphatic rings. The third kappa shape index (κ3) is 4.08. The van der Waals surface area contributed by atoms with E-state index in [9.17, 15) is 4.79 Å². The van der Waals surface area contributed by atoms with E-state index in [1.165, 1.54) is 6.21 Å². The average molecular weight is 427 g/mol. The number of anilines is 1. The average Bonchev–Trinajstić information content (AvgIpc) is 2.51.